The van der Waals surface area contributed by atoms with Crippen LogP contribution in [0, 0.1) is 5.92 Å². The van der Waals surface area contributed by atoms with E-state index in [1.54, 1.807) is 6.20 Å². The van der Waals surface area contributed by atoms with Crippen molar-refractivity contribution in [2.24, 2.45) is 11.7 Å². The van der Waals surface area contributed by atoms with Crippen LogP contribution in [0.2, 0.25) is 0 Å². The molecule has 12 heavy (non-hydrogen) atoms. The third kappa shape index (κ3) is 2.62. The molecular weight excluding hydrogens is 148 g/mol. The van der Waals surface area contributed by atoms with Crippen molar-refractivity contribution >= 4 is 0 Å². The van der Waals surface area contributed by atoms with Gasteiger partial charge in [-0.2, -0.15) is 0 Å². The Bertz CT molecular complexity index is 204. The van der Waals surface area contributed by atoms with Gasteiger partial charge in [0.1, 0.15) is 0 Å². The van der Waals surface area contributed by atoms with Gasteiger partial charge in [0.25, 0.3) is 0 Å². The van der Waals surface area contributed by atoms with E-state index >= 15 is 0 Å². The molecule has 0 aliphatic carbocycles. The second kappa shape index (κ2) is 4.88. The Labute approximate surface area is 73.8 Å². The lowest BCUT2D eigenvalue weighted by molar-refractivity contribution is 0.518. The lowest BCUT2D eigenvalue weighted by Gasteiger charge is -2.10. The van der Waals surface area contributed by atoms with E-state index in [4.69, 9.17) is 5.73 Å². The van der Waals surface area contributed by atoms with Gasteiger partial charge in [0.2, 0.25) is 0 Å². The summed E-state index contributed by atoms with van der Waals surface area (Å²) in [6.07, 6.45) is 5.91. The Morgan fingerprint density at radius 1 is 1.58 bits per heavy atom. The van der Waals surface area contributed by atoms with E-state index in [2.05, 4.69) is 18.0 Å². The highest BCUT2D eigenvalue weighted by Gasteiger charge is 2.03. The van der Waals surface area contributed by atoms with Crippen LogP contribution in [0.1, 0.15) is 18.9 Å². The third-order valence-electron chi connectivity index (χ3n) is 2.16. The fourth-order valence-electron chi connectivity index (χ4n) is 1.25. The molecule has 1 rings (SSSR count). The van der Waals surface area contributed by atoms with Gasteiger partial charge in [0, 0.05) is 12.4 Å². The topological polar surface area (TPSA) is 38.9 Å². The summed E-state index contributed by atoms with van der Waals surface area (Å²) in [4.78, 5) is 4.07. The zero-order valence-electron chi connectivity index (χ0n) is 7.53. The first-order valence-electron chi connectivity index (χ1n) is 4.45. The lowest BCUT2D eigenvalue weighted by Crippen LogP contribution is -2.15. The lowest BCUT2D eigenvalue weighted by atomic mass is 9.98. The molecule has 1 heterocycles. The molecule has 1 atom stereocenters. The van der Waals surface area contributed by atoms with Gasteiger partial charge in [-0.3, -0.25) is 4.98 Å². The molecule has 1 unspecified atom stereocenters. The molecule has 0 radical (unpaired) electrons. The van der Waals surface area contributed by atoms with Crippen LogP contribution in [0.3, 0.4) is 0 Å². The second-order valence-electron chi connectivity index (χ2n) is 3.08. The van der Waals surface area contributed by atoms with Gasteiger partial charge < -0.3 is 5.73 Å². The minimum atomic E-state index is 0.606. The number of nitrogens with two attached hydrogens (primary N) is 1. The summed E-state index contributed by atoms with van der Waals surface area (Å²) in [5, 5.41) is 0. The molecule has 0 fully saturated rings. The van der Waals surface area contributed by atoms with Gasteiger partial charge in [-0.25, -0.2) is 0 Å². The monoisotopic (exact) mass is 164 g/mol. The molecule has 2 heteroatoms. The van der Waals surface area contributed by atoms with Crippen LogP contribution >= 0.6 is 0 Å². The molecule has 0 aliphatic heterocycles. The fraction of sp³-hybridized carbons (Fsp3) is 0.500. The van der Waals surface area contributed by atoms with Crippen LogP contribution in [-0.4, -0.2) is 11.5 Å². The Kier molecular flexibility index (Phi) is 3.74. The molecular formula is C10H16N2. The minimum absolute atomic E-state index is 0.606. The number of pyridine rings is 1. The number of aromatic nitrogens is 1. The third-order valence-corrected chi connectivity index (χ3v) is 2.16. The van der Waals surface area contributed by atoms with Crippen molar-refractivity contribution in [2.75, 3.05) is 6.54 Å². The second-order valence-corrected chi connectivity index (χ2v) is 3.08. The normalized spacial score (nSPS) is 12.8. The van der Waals surface area contributed by atoms with Crippen molar-refractivity contribution in [2.45, 2.75) is 19.8 Å². The molecule has 0 amide bonds. The van der Waals surface area contributed by atoms with Crippen molar-refractivity contribution in [3.8, 4) is 0 Å². The number of nitrogens with zero attached hydrogens (tertiary/aromatic N) is 1. The zero-order valence-corrected chi connectivity index (χ0v) is 7.53. The fourth-order valence-corrected chi connectivity index (χ4v) is 1.25. The van der Waals surface area contributed by atoms with E-state index in [0.717, 1.165) is 19.4 Å². The molecule has 1 aromatic rings. The molecule has 0 saturated heterocycles. The maximum Gasteiger partial charge on any atom is 0.0299 e. The van der Waals surface area contributed by atoms with Crippen molar-refractivity contribution in [1.29, 1.82) is 0 Å². The summed E-state index contributed by atoms with van der Waals surface area (Å²) in [5.74, 6) is 0.606. The molecule has 1 aromatic heterocycles. The molecule has 2 nitrogen and oxygen atoms in total. The predicted molar refractivity (Wildman–Crippen MR) is 50.8 cm³/mol. The van der Waals surface area contributed by atoms with E-state index < -0.39 is 0 Å². The van der Waals surface area contributed by atoms with Crippen LogP contribution in [0.5, 0.6) is 0 Å². The first-order valence-corrected chi connectivity index (χ1v) is 4.45. The summed E-state index contributed by atoms with van der Waals surface area (Å²) in [6, 6.07) is 4.07. The maximum atomic E-state index is 5.61. The molecule has 0 bridgehead atoms. The number of rotatable bonds is 4. The predicted octanol–water partition coefficient (Wildman–Crippen LogP) is 1.61. The molecule has 2 N–H and O–H groups in total. The molecule has 0 aromatic carbocycles. The molecule has 0 spiro atoms. The Balaban J connectivity index is 2.51. The van der Waals surface area contributed by atoms with Crippen LogP contribution < -0.4 is 5.73 Å². The number of hydrogen-bond donors (Lipinski definition) is 1. The minimum Gasteiger partial charge on any atom is -0.330 e. The highest BCUT2D eigenvalue weighted by Crippen LogP contribution is 2.09. The Hall–Kier alpha value is -0.890. The van der Waals surface area contributed by atoms with E-state index in [-0.39, 0.29) is 0 Å². The number of hydrogen-bond acceptors (Lipinski definition) is 2. The molecule has 0 aliphatic rings. The van der Waals surface area contributed by atoms with Crippen molar-refractivity contribution in [3.63, 3.8) is 0 Å². The average molecular weight is 164 g/mol. The van der Waals surface area contributed by atoms with E-state index in [9.17, 15) is 0 Å². The van der Waals surface area contributed by atoms with Crippen LogP contribution in [0.15, 0.2) is 24.5 Å². The van der Waals surface area contributed by atoms with Crippen molar-refractivity contribution in [3.05, 3.63) is 30.1 Å². The van der Waals surface area contributed by atoms with Crippen molar-refractivity contribution in [1.82, 2.24) is 4.98 Å². The van der Waals surface area contributed by atoms with E-state index in [1.807, 2.05) is 12.3 Å². The summed E-state index contributed by atoms with van der Waals surface area (Å²) in [6.45, 7) is 2.94. The van der Waals surface area contributed by atoms with E-state index in [1.165, 1.54) is 5.56 Å². The largest absolute Gasteiger partial charge is 0.330 e. The van der Waals surface area contributed by atoms with Crippen molar-refractivity contribution < 1.29 is 0 Å². The quantitative estimate of drug-likeness (QED) is 0.734. The highest BCUT2D eigenvalue weighted by molar-refractivity contribution is 5.09. The smallest absolute Gasteiger partial charge is 0.0299 e. The Morgan fingerprint density at radius 3 is 2.92 bits per heavy atom. The van der Waals surface area contributed by atoms with Gasteiger partial charge in [-0.05, 0) is 30.5 Å². The van der Waals surface area contributed by atoms with Crippen LogP contribution in [-0.2, 0) is 6.42 Å². The van der Waals surface area contributed by atoms with Gasteiger partial charge >= 0.3 is 0 Å². The Morgan fingerprint density at radius 2 is 2.42 bits per heavy atom. The first-order chi connectivity index (χ1) is 5.86. The SMILES string of the molecule is CCC(CN)Cc1cccnc1. The summed E-state index contributed by atoms with van der Waals surface area (Å²) in [5.41, 5.74) is 6.90. The zero-order chi connectivity index (χ0) is 8.81. The van der Waals surface area contributed by atoms with Gasteiger partial charge in [-0.15, -0.1) is 0 Å². The standard InChI is InChI=1S/C10H16N2/c1-2-9(7-11)6-10-4-3-5-12-8-10/h3-5,8-9H,2,6-7,11H2,1H3. The summed E-state index contributed by atoms with van der Waals surface area (Å²) in [7, 11) is 0. The molecule has 0 saturated carbocycles. The van der Waals surface area contributed by atoms with Gasteiger partial charge in [0.05, 0.1) is 0 Å². The highest BCUT2D eigenvalue weighted by atomic mass is 14.6. The first kappa shape index (κ1) is 9.20. The maximum absolute atomic E-state index is 5.61. The van der Waals surface area contributed by atoms with Gasteiger partial charge in [0.15, 0.2) is 0 Å². The van der Waals surface area contributed by atoms with Gasteiger partial charge in [-0.1, -0.05) is 19.4 Å². The summed E-state index contributed by atoms with van der Waals surface area (Å²) < 4.78 is 0. The average Bonchev–Trinajstić information content (AvgIpc) is 2.16. The molecule has 66 valence electrons. The van der Waals surface area contributed by atoms with E-state index in [0.29, 0.717) is 5.92 Å². The summed E-state index contributed by atoms with van der Waals surface area (Å²) >= 11 is 0. The van der Waals surface area contributed by atoms with Crippen LogP contribution in [0.4, 0.5) is 0 Å². The van der Waals surface area contributed by atoms with Crippen LogP contribution in [0.25, 0.3) is 0 Å².